The quantitative estimate of drug-likeness (QED) is 0.212. The Morgan fingerprint density at radius 2 is 0.962 bits per heavy atom. The third-order valence-electron chi connectivity index (χ3n) is 3.41. The highest BCUT2D eigenvalue weighted by Crippen LogP contribution is 2.33. The zero-order valence-electron chi connectivity index (χ0n) is 13.6. The maximum absolute atomic E-state index is 10.9. The van der Waals surface area contributed by atoms with Crippen LogP contribution in [0.2, 0.25) is 0 Å². The molecule has 144 valence electrons. The van der Waals surface area contributed by atoms with E-state index in [0.29, 0.717) is 0 Å². The molecule has 2 aromatic rings. The Hall–Kier alpha value is 0.0600. The first-order valence-corrected chi connectivity index (χ1v) is 17.2. The summed E-state index contributed by atoms with van der Waals surface area (Å²) in [5, 5.41) is 0. The van der Waals surface area contributed by atoms with Gasteiger partial charge in [0, 0.05) is 61.5 Å². The molecule has 26 heavy (non-hydrogen) atoms. The second-order valence-electron chi connectivity index (χ2n) is 5.43. The van der Waals surface area contributed by atoms with E-state index in [1.807, 2.05) is 24.3 Å². The predicted octanol–water partition coefficient (Wildman–Crippen LogP) is 2.06. The van der Waals surface area contributed by atoms with Crippen LogP contribution < -0.4 is 9.13 Å². The molecule has 2 rings (SSSR count). The van der Waals surface area contributed by atoms with Gasteiger partial charge >= 0.3 is 15.2 Å². The minimum atomic E-state index is -4.00. The summed E-state index contributed by atoms with van der Waals surface area (Å²) in [6, 6.07) is 7.37. The van der Waals surface area contributed by atoms with Crippen molar-refractivity contribution in [3.8, 4) is 11.1 Å². The number of aromatic nitrogens is 2. The number of hydrogen-bond donors (Lipinski definition) is 4. The van der Waals surface area contributed by atoms with Crippen molar-refractivity contribution in [2.24, 2.45) is 0 Å². The van der Waals surface area contributed by atoms with Gasteiger partial charge in [-0.1, -0.05) is 0 Å². The Morgan fingerprint density at radius 1 is 0.692 bits per heavy atom. The molecule has 4 N–H and O–H groups in total. The first-order valence-electron chi connectivity index (χ1n) is 7.34. The van der Waals surface area contributed by atoms with Gasteiger partial charge in [0.15, 0.2) is 37.9 Å². The van der Waals surface area contributed by atoms with E-state index in [0.717, 1.165) is 11.1 Å². The van der Waals surface area contributed by atoms with Crippen LogP contribution in [0.4, 0.5) is 0 Å². The Morgan fingerprint density at radius 3 is 1.19 bits per heavy atom. The van der Waals surface area contributed by atoms with E-state index < -0.39 is 15.2 Å². The third-order valence-corrected chi connectivity index (χ3v) is 4.98. The van der Waals surface area contributed by atoms with E-state index in [4.69, 9.17) is 19.6 Å². The van der Waals surface area contributed by atoms with Crippen molar-refractivity contribution in [1.82, 2.24) is 0 Å². The second-order valence-corrected chi connectivity index (χ2v) is 8.98. The Bertz CT molecular complexity index is 710. The van der Waals surface area contributed by atoms with Crippen molar-refractivity contribution in [1.29, 1.82) is 0 Å². The number of aryl methyl sites for hydroxylation is 2. The maximum atomic E-state index is 10.9. The first-order chi connectivity index (χ1) is 12.1. The zero-order valence-corrected chi connectivity index (χ0v) is 19.7. The Balaban J connectivity index is 0.00000163. The molecule has 0 fully saturated rings. The van der Waals surface area contributed by atoms with Crippen molar-refractivity contribution < 1.29 is 37.8 Å². The molecule has 0 unspecified atom stereocenters. The topological polar surface area (TPSA) is 123 Å². The summed E-state index contributed by atoms with van der Waals surface area (Å²) >= 11 is 4.24. The van der Waals surface area contributed by atoms with Gasteiger partial charge in [-0.3, -0.25) is 9.13 Å². The van der Waals surface area contributed by atoms with Crippen LogP contribution in [0, 0.1) is 0 Å². The van der Waals surface area contributed by atoms with E-state index in [-0.39, 0.29) is 25.4 Å². The fraction of sp³-hybridized carbons (Fsp3) is 0.286. The van der Waals surface area contributed by atoms with E-state index in [1.165, 1.54) is 0 Å². The summed E-state index contributed by atoms with van der Waals surface area (Å²) in [6.45, 7) is 0.476. The van der Waals surface area contributed by atoms with Crippen LogP contribution in [0.15, 0.2) is 49.1 Å². The molecule has 0 saturated heterocycles. The summed E-state index contributed by atoms with van der Waals surface area (Å²) < 4.78 is 25.1. The van der Waals surface area contributed by atoms with Gasteiger partial charge in [0.2, 0.25) is 0 Å². The molecule has 0 aliphatic rings. The Labute approximate surface area is 174 Å². The molecule has 0 saturated carbocycles. The summed E-state index contributed by atoms with van der Waals surface area (Å²) in [5.74, 6) is 0. The molecule has 0 aliphatic heterocycles. The lowest BCUT2D eigenvalue weighted by molar-refractivity contribution is -0.693. The van der Waals surface area contributed by atoms with Gasteiger partial charge in [-0.2, -0.15) is 0 Å². The maximum Gasteiger partial charge on any atom is 0.331 e. The molecule has 2 heterocycles. The van der Waals surface area contributed by atoms with Crippen LogP contribution >= 0.6 is 52.4 Å². The lowest BCUT2D eigenvalue weighted by atomic mass is 10.1. The summed E-state index contributed by atoms with van der Waals surface area (Å²) in [6.07, 6.45) is 6.59. The number of halogens is 2. The Kier molecular flexibility index (Phi) is 10.3. The van der Waals surface area contributed by atoms with E-state index in [2.05, 4.69) is 37.2 Å². The molecular weight excluding hydrogens is 608 g/mol. The first kappa shape index (κ1) is 24.1. The fourth-order valence-corrected chi connectivity index (χ4v) is 3.07. The minimum Gasteiger partial charge on any atom is -0.324 e. The summed E-state index contributed by atoms with van der Waals surface area (Å²) in [4.78, 5) is 35.5. The predicted molar refractivity (Wildman–Crippen MR) is 114 cm³/mol. The van der Waals surface area contributed by atoms with E-state index >= 15 is 0 Å². The van der Waals surface area contributed by atoms with Crippen molar-refractivity contribution in [3.63, 3.8) is 0 Å². The molecule has 0 atom stereocenters. The summed E-state index contributed by atoms with van der Waals surface area (Å²) in [7, 11) is -8.01. The third kappa shape index (κ3) is 9.84. The van der Waals surface area contributed by atoms with E-state index in [9.17, 15) is 9.13 Å². The van der Waals surface area contributed by atoms with Crippen molar-refractivity contribution in [2.75, 3.05) is 12.3 Å². The van der Waals surface area contributed by atoms with Crippen LogP contribution in [0.1, 0.15) is 0 Å². The van der Waals surface area contributed by atoms with Gasteiger partial charge in [-0.25, -0.2) is 9.13 Å². The molecule has 8 nitrogen and oxygen atoms in total. The second kappa shape index (κ2) is 11.2. The smallest absolute Gasteiger partial charge is 0.324 e. The zero-order chi connectivity index (χ0) is 19.8. The molecule has 2 aromatic heterocycles. The van der Waals surface area contributed by atoms with Crippen molar-refractivity contribution in [3.05, 3.63) is 49.1 Å². The standard InChI is InChI=1S/C14H18N2O6P2.I2/c17-23(18,19)11-9-15-5-1-13(2-6-15)14-3-7-16(8-4-14)10-12-24(20,21)22;1-2/h1-8H,9-12H2,(H2-2,17,18,19,20,21,22);/p+2. The van der Waals surface area contributed by atoms with Crippen LogP contribution in [0.25, 0.3) is 11.1 Å². The molecule has 0 amide bonds. The lowest BCUT2D eigenvalue weighted by Crippen LogP contribution is -2.34. The highest BCUT2D eigenvalue weighted by atomic mass is 128. The van der Waals surface area contributed by atoms with Crippen molar-refractivity contribution >= 4 is 52.4 Å². The number of nitrogens with zero attached hydrogens (tertiary/aromatic N) is 2. The van der Waals surface area contributed by atoms with Crippen LogP contribution in [-0.4, -0.2) is 31.9 Å². The molecule has 0 aromatic carbocycles. The largest absolute Gasteiger partial charge is 0.331 e. The molecule has 0 radical (unpaired) electrons. The van der Waals surface area contributed by atoms with Gasteiger partial charge < -0.3 is 19.6 Å². The van der Waals surface area contributed by atoms with Crippen LogP contribution in [0.5, 0.6) is 0 Å². The fourth-order valence-electron chi connectivity index (χ4n) is 2.09. The van der Waals surface area contributed by atoms with Gasteiger partial charge in [0.1, 0.15) is 12.3 Å². The average molecular weight is 628 g/mol. The summed E-state index contributed by atoms with van der Waals surface area (Å²) in [5.41, 5.74) is 1.87. The highest BCUT2D eigenvalue weighted by molar-refractivity contribution is 15.0. The average Bonchev–Trinajstić information content (AvgIpc) is 2.60. The molecule has 12 heteroatoms. The van der Waals surface area contributed by atoms with Crippen LogP contribution in [0.3, 0.4) is 0 Å². The monoisotopic (exact) mass is 628 g/mol. The van der Waals surface area contributed by atoms with Crippen molar-refractivity contribution in [2.45, 2.75) is 13.1 Å². The SMILES string of the molecule is II.O=P(O)(O)CC[n+]1ccc(-c2cc[n+](CCP(=O)(O)O)cc2)cc1. The normalized spacial score (nSPS) is 11.6. The molecule has 0 bridgehead atoms. The van der Waals surface area contributed by atoms with Gasteiger partial charge in [0.25, 0.3) is 0 Å². The number of rotatable bonds is 7. The van der Waals surface area contributed by atoms with Crippen LogP contribution in [-0.2, 0) is 22.2 Å². The molecule has 0 spiro atoms. The van der Waals surface area contributed by atoms with Gasteiger partial charge in [-0.15, -0.1) is 0 Å². The highest BCUT2D eigenvalue weighted by Gasteiger charge is 2.17. The number of pyridine rings is 2. The van der Waals surface area contributed by atoms with Gasteiger partial charge in [-0.05, 0) is 11.1 Å². The molecule has 0 aliphatic carbocycles. The molecular formula is C14H20I2N2O6P2+2. The lowest BCUT2D eigenvalue weighted by Gasteiger charge is -2.03. The number of hydrogen-bond acceptors (Lipinski definition) is 2. The minimum absolute atomic E-state index is 0.206. The van der Waals surface area contributed by atoms with Gasteiger partial charge in [0.05, 0.1) is 0 Å². The van der Waals surface area contributed by atoms with E-state index in [1.54, 1.807) is 33.9 Å².